The molecule has 2 aliphatic heterocycles. The van der Waals surface area contributed by atoms with Gasteiger partial charge in [0.2, 0.25) is 0 Å². The molecule has 0 spiro atoms. The topological polar surface area (TPSA) is 58.1 Å². The first-order valence-corrected chi connectivity index (χ1v) is 9.43. The molecule has 0 bridgehead atoms. The van der Waals surface area contributed by atoms with Gasteiger partial charge in [-0.05, 0) is 56.8 Å². The van der Waals surface area contributed by atoms with Crippen LogP contribution in [-0.2, 0) is 0 Å². The van der Waals surface area contributed by atoms with E-state index in [2.05, 4.69) is 15.3 Å². The highest BCUT2D eigenvalue weighted by Gasteiger charge is 2.32. The number of carbonyl (C=O) groups excluding carboxylic acids is 1. The van der Waals surface area contributed by atoms with Crippen molar-refractivity contribution in [2.45, 2.75) is 19.8 Å². The number of nitrogens with zero attached hydrogens (tertiary/aromatic N) is 3. The molecule has 126 valence electrons. The second kappa shape index (κ2) is 6.61. The van der Waals surface area contributed by atoms with E-state index in [9.17, 15) is 4.79 Å². The van der Waals surface area contributed by atoms with E-state index >= 15 is 0 Å². The number of aryl methyl sites for hydroxylation is 1. The van der Waals surface area contributed by atoms with Gasteiger partial charge in [-0.3, -0.25) is 9.78 Å². The van der Waals surface area contributed by atoms with Gasteiger partial charge in [-0.1, -0.05) is 6.07 Å². The van der Waals surface area contributed by atoms with Crippen molar-refractivity contribution in [3.8, 4) is 10.7 Å². The fraction of sp³-hybridized carbons (Fsp3) is 0.500. The number of hydrogen-bond acceptors (Lipinski definition) is 5. The molecule has 0 aliphatic carbocycles. The zero-order valence-corrected chi connectivity index (χ0v) is 14.7. The molecular weight excluding hydrogens is 320 g/mol. The molecule has 2 saturated heterocycles. The van der Waals surface area contributed by atoms with Crippen molar-refractivity contribution in [2.24, 2.45) is 11.8 Å². The fourth-order valence-electron chi connectivity index (χ4n) is 3.76. The number of likely N-dealkylation sites (tertiary alicyclic amines) is 1. The molecular formula is C18H22N4OS. The normalized spacial score (nSPS) is 23.8. The Bertz CT molecular complexity index is 716. The van der Waals surface area contributed by atoms with Crippen LogP contribution in [0.15, 0.2) is 24.4 Å². The monoisotopic (exact) mass is 342 g/mol. The maximum Gasteiger partial charge on any atom is 0.265 e. The summed E-state index contributed by atoms with van der Waals surface area (Å²) in [5, 5.41) is 4.31. The summed E-state index contributed by atoms with van der Waals surface area (Å²) >= 11 is 1.47. The first-order chi connectivity index (χ1) is 11.7. The van der Waals surface area contributed by atoms with E-state index in [0.717, 1.165) is 72.1 Å². The molecule has 0 radical (unpaired) electrons. The highest BCUT2D eigenvalue weighted by atomic mass is 32.1. The van der Waals surface area contributed by atoms with Crippen molar-refractivity contribution in [2.75, 3.05) is 26.2 Å². The van der Waals surface area contributed by atoms with E-state index in [-0.39, 0.29) is 5.91 Å². The molecule has 0 saturated carbocycles. The highest BCUT2D eigenvalue weighted by Crippen LogP contribution is 2.30. The largest absolute Gasteiger partial charge is 0.338 e. The third-order valence-electron chi connectivity index (χ3n) is 5.18. The number of fused-ring (bicyclic) bond motifs is 1. The van der Waals surface area contributed by atoms with Crippen LogP contribution in [0, 0.1) is 18.8 Å². The number of aromatic nitrogens is 2. The summed E-state index contributed by atoms with van der Waals surface area (Å²) in [5.41, 5.74) is 1.65. The minimum absolute atomic E-state index is 0.139. The van der Waals surface area contributed by atoms with Gasteiger partial charge in [0.05, 0.1) is 11.4 Å². The Labute approximate surface area is 146 Å². The third kappa shape index (κ3) is 2.96. The Morgan fingerprint density at radius 1 is 1.25 bits per heavy atom. The van der Waals surface area contributed by atoms with E-state index in [0.29, 0.717) is 0 Å². The average molecular weight is 342 g/mol. The summed E-state index contributed by atoms with van der Waals surface area (Å²) in [5.74, 6) is 1.60. The van der Waals surface area contributed by atoms with Gasteiger partial charge in [0.1, 0.15) is 9.88 Å². The van der Waals surface area contributed by atoms with Crippen LogP contribution in [0.5, 0.6) is 0 Å². The molecule has 4 heterocycles. The van der Waals surface area contributed by atoms with Gasteiger partial charge < -0.3 is 10.2 Å². The minimum atomic E-state index is 0.139. The average Bonchev–Trinajstić information content (AvgIpc) is 3.17. The van der Waals surface area contributed by atoms with Gasteiger partial charge in [0.25, 0.3) is 5.91 Å². The molecule has 0 unspecified atom stereocenters. The number of amides is 1. The summed E-state index contributed by atoms with van der Waals surface area (Å²) in [6.07, 6.45) is 3.97. The van der Waals surface area contributed by atoms with Gasteiger partial charge in [-0.25, -0.2) is 4.98 Å². The van der Waals surface area contributed by atoms with Gasteiger partial charge in [-0.2, -0.15) is 0 Å². The van der Waals surface area contributed by atoms with E-state index in [4.69, 9.17) is 0 Å². The van der Waals surface area contributed by atoms with E-state index < -0.39 is 0 Å². The number of thiazole rings is 1. The molecule has 2 fully saturated rings. The minimum Gasteiger partial charge on any atom is -0.338 e. The quantitative estimate of drug-likeness (QED) is 0.911. The van der Waals surface area contributed by atoms with Crippen molar-refractivity contribution in [1.29, 1.82) is 0 Å². The highest BCUT2D eigenvalue weighted by molar-refractivity contribution is 7.17. The van der Waals surface area contributed by atoms with Crippen LogP contribution in [0.25, 0.3) is 10.7 Å². The molecule has 24 heavy (non-hydrogen) atoms. The van der Waals surface area contributed by atoms with E-state index in [1.165, 1.54) is 11.3 Å². The number of nitrogens with one attached hydrogen (secondary N) is 1. The van der Waals surface area contributed by atoms with Crippen molar-refractivity contribution in [3.63, 3.8) is 0 Å². The van der Waals surface area contributed by atoms with Gasteiger partial charge in [0, 0.05) is 19.3 Å². The lowest BCUT2D eigenvalue weighted by atomic mass is 9.92. The molecule has 2 aliphatic rings. The fourth-order valence-corrected chi connectivity index (χ4v) is 4.77. The number of rotatable bonds is 2. The van der Waals surface area contributed by atoms with Crippen molar-refractivity contribution >= 4 is 17.2 Å². The lowest BCUT2D eigenvalue weighted by molar-refractivity contribution is 0.0762. The van der Waals surface area contributed by atoms with E-state index in [1.54, 1.807) is 6.20 Å². The van der Waals surface area contributed by atoms with Crippen LogP contribution in [-0.4, -0.2) is 47.0 Å². The lowest BCUT2D eigenvalue weighted by Crippen LogP contribution is -2.32. The summed E-state index contributed by atoms with van der Waals surface area (Å²) < 4.78 is 0. The molecule has 4 rings (SSSR count). The second-order valence-electron chi connectivity index (χ2n) is 6.70. The van der Waals surface area contributed by atoms with Gasteiger partial charge in [0.15, 0.2) is 0 Å². The molecule has 2 aromatic rings. The summed E-state index contributed by atoms with van der Waals surface area (Å²) in [4.78, 5) is 24.7. The Balaban J connectivity index is 1.53. The predicted octanol–water partition coefficient (Wildman–Crippen LogP) is 2.59. The van der Waals surface area contributed by atoms with Crippen LogP contribution in [0.4, 0.5) is 0 Å². The van der Waals surface area contributed by atoms with Crippen LogP contribution < -0.4 is 5.32 Å². The zero-order valence-electron chi connectivity index (χ0n) is 13.9. The Kier molecular flexibility index (Phi) is 4.33. The first-order valence-electron chi connectivity index (χ1n) is 8.61. The maximum atomic E-state index is 13.0. The second-order valence-corrected chi connectivity index (χ2v) is 7.70. The van der Waals surface area contributed by atoms with Crippen LogP contribution in [0.2, 0.25) is 0 Å². The Morgan fingerprint density at radius 2 is 2.00 bits per heavy atom. The van der Waals surface area contributed by atoms with Crippen LogP contribution in [0.1, 0.15) is 28.2 Å². The summed E-state index contributed by atoms with van der Waals surface area (Å²) in [6.45, 7) is 5.86. The lowest BCUT2D eigenvalue weighted by Gasteiger charge is -2.20. The third-order valence-corrected chi connectivity index (χ3v) is 6.35. The Morgan fingerprint density at radius 3 is 2.67 bits per heavy atom. The molecule has 1 N–H and O–H groups in total. The molecule has 2 atom stereocenters. The first kappa shape index (κ1) is 15.7. The van der Waals surface area contributed by atoms with Crippen LogP contribution >= 0.6 is 11.3 Å². The van der Waals surface area contributed by atoms with E-state index in [1.807, 2.05) is 30.0 Å². The number of pyridine rings is 1. The van der Waals surface area contributed by atoms with Crippen molar-refractivity contribution in [3.05, 3.63) is 35.0 Å². The van der Waals surface area contributed by atoms with Crippen molar-refractivity contribution in [1.82, 2.24) is 20.2 Å². The van der Waals surface area contributed by atoms with Crippen LogP contribution in [0.3, 0.4) is 0 Å². The molecule has 6 heteroatoms. The standard InChI is InChI=1S/C18H22N4OS/c1-12-16(24-17(21-12)15-4-2-3-7-20-15)18(23)22-8-5-13-10-19-11-14(13)6-9-22/h2-4,7,13-14,19H,5-6,8-11H2,1H3/t13-,14+. The van der Waals surface area contributed by atoms with Gasteiger partial charge in [-0.15, -0.1) is 11.3 Å². The molecule has 1 amide bonds. The Hall–Kier alpha value is -1.79. The molecule has 0 aromatic carbocycles. The maximum absolute atomic E-state index is 13.0. The summed E-state index contributed by atoms with van der Waals surface area (Å²) in [7, 11) is 0. The number of carbonyl (C=O) groups is 1. The SMILES string of the molecule is Cc1nc(-c2ccccn2)sc1C(=O)N1CC[C@@H]2CNC[C@@H]2CC1. The molecule has 5 nitrogen and oxygen atoms in total. The van der Waals surface area contributed by atoms with Crippen molar-refractivity contribution < 1.29 is 4.79 Å². The predicted molar refractivity (Wildman–Crippen MR) is 95.1 cm³/mol. The number of hydrogen-bond donors (Lipinski definition) is 1. The molecule has 2 aromatic heterocycles. The smallest absolute Gasteiger partial charge is 0.265 e. The zero-order chi connectivity index (χ0) is 16.5. The van der Waals surface area contributed by atoms with Gasteiger partial charge >= 0.3 is 0 Å². The summed E-state index contributed by atoms with van der Waals surface area (Å²) in [6, 6.07) is 5.77.